The smallest absolute Gasteiger partial charge is 0.369 e. The maximum absolute atomic E-state index is 10.7. The first-order valence-corrected chi connectivity index (χ1v) is 3.97. The zero-order valence-electron chi connectivity index (χ0n) is 7.66. The van der Waals surface area contributed by atoms with Gasteiger partial charge in [-0.3, -0.25) is 15.7 Å². The Hall–Kier alpha value is -2.12. The molecule has 0 bridgehead atoms. The normalized spacial score (nSPS) is 10.9. The van der Waals surface area contributed by atoms with Crippen LogP contribution in [0.3, 0.4) is 0 Å². The summed E-state index contributed by atoms with van der Waals surface area (Å²) < 4.78 is 0. The number of carbonyl (C=O) groups excluding carboxylic acids is 1. The molecule has 5 N–H and O–H groups in total. The van der Waals surface area contributed by atoms with Crippen LogP contribution in [0.5, 0.6) is 0 Å². The first kappa shape index (κ1) is 11.0. The lowest BCUT2D eigenvalue weighted by Gasteiger charge is -2.07. The van der Waals surface area contributed by atoms with E-state index < -0.39 is 11.3 Å². The van der Waals surface area contributed by atoms with Gasteiger partial charge in [0.15, 0.2) is 0 Å². The summed E-state index contributed by atoms with van der Waals surface area (Å²) in [7, 11) is 0. The minimum Gasteiger partial charge on any atom is -0.369 e. The molecule has 0 radical (unpaired) electrons. The summed E-state index contributed by atoms with van der Waals surface area (Å²) in [5, 5.41) is 17.9. The number of nitrogens with two attached hydrogens (primary N) is 1. The molecule has 7 heteroatoms. The highest BCUT2D eigenvalue weighted by atomic mass is 16.8. The number of carbonyl (C=O) groups is 1. The Labute approximate surface area is 85.4 Å². The van der Waals surface area contributed by atoms with Crippen molar-refractivity contribution < 1.29 is 15.2 Å². The van der Waals surface area contributed by atoms with Crippen molar-refractivity contribution in [3.63, 3.8) is 0 Å². The van der Waals surface area contributed by atoms with Crippen LogP contribution in [0.1, 0.15) is 0 Å². The maximum Gasteiger partial charge on any atom is 0.373 e. The van der Waals surface area contributed by atoms with Crippen molar-refractivity contribution in [2.45, 2.75) is 0 Å². The molecule has 2 amide bonds. The Morgan fingerprint density at radius 3 is 2.47 bits per heavy atom. The van der Waals surface area contributed by atoms with Crippen LogP contribution < -0.4 is 11.1 Å². The zero-order chi connectivity index (χ0) is 11.3. The topological polar surface area (TPSA) is 111 Å². The van der Waals surface area contributed by atoms with E-state index in [9.17, 15) is 4.79 Å². The van der Waals surface area contributed by atoms with Crippen LogP contribution in [0.25, 0.3) is 0 Å². The fourth-order valence-electron chi connectivity index (χ4n) is 0.829. The summed E-state index contributed by atoms with van der Waals surface area (Å²) in [5.74, 6) is -0.237. The van der Waals surface area contributed by atoms with E-state index in [0.29, 0.717) is 5.69 Å². The number of guanidine groups is 1. The second-order valence-corrected chi connectivity index (χ2v) is 2.55. The van der Waals surface area contributed by atoms with Crippen molar-refractivity contribution >= 4 is 17.7 Å². The molecule has 0 heterocycles. The third-order valence-electron chi connectivity index (χ3n) is 1.42. The van der Waals surface area contributed by atoms with E-state index in [1.165, 1.54) is 0 Å². The number of para-hydroxylation sites is 1. The van der Waals surface area contributed by atoms with Crippen LogP contribution in [0.2, 0.25) is 0 Å². The van der Waals surface area contributed by atoms with Gasteiger partial charge in [-0.2, -0.15) is 0 Å². The van der Waals surface area contributed by atoms with Gasteiger partial charge in [-0.05, 0) is 12.1 Å². The highest BCUT2D eigenvalue weighted by Gasteiger charge is 2.07. The quantitative estimate of drug-likeness (QED) is 0.233. The number of amides is 2. The van der Waals surface area contributed by atoms with E-state index in [2.05, 4.69) is 4.99 Å². The highest BCUT2D eigenvalue weighted by molar-refractivity contribution is 5.95. The van der Waals surface area contributed by atoms with Gasteiger partial charge in [0.25, 0.3) is 0 Å². The van der Waals surface area contributed by atoms with E-state index in [-0.39, 0.29) is 5.96 Å². The fraction of sp³-hybridized carbons (Fsp3) is 0. The van der Waals surface area contributed by atoms with Gasteiger partial charge in [0.2, 0.25) is 5.96 Å². The summed E-state index contributed by atoms with van der Waals surface area (Å²) in [4.78, 5) is 14.5. The second-order valence-electron chi connectivity index (χ2n) is 2.55. The van der Waals surface area contributed by atoms with Crippen LogP contribution >= 0.6 is 0 Å². The van der Waals surface area contributed by atoms with Crippen molar-refractivity contribution in [1.29, 1.82) is 0 Å². The number of hydrogen-bond acceptors (Lipinski definition) is 4. The van der Waals surface area contributed by atoms with E-state index in [0.717, 1.165) is 0 Å². The Kier molecular flexibility index (Phi) is 3.61. The molecule has 0 aliphatic heterocycles. The van der Waals surface area contributed by atoms with Gasteiger partial charge in [-0.15, -0.1) is 0 Å². The van der Waals surface area contributed by atoms with Crippen molar-refractivity contribution in [3.05, 3.63) is 30.3 Å². The van der Waals surface area contributed by atoms with Crippen molar-refractivity contribution in [2.75, 3.05) is 0 Å². The standard InChI is InChI=1S/C8H10N4O3/c9-7(11-8(13)12(14)15)10-6-4-2-1-3-5-6/h1-5,14-15H,(H3,9,10,11,13). The molecule has 0 saturated carbocycles. The van der Waals surface area contributed by atoms with E-state index in [1.54, 1.807) is 30.3 Å². The second kappa shape index (κ2) is 4.94. The summed E-state index contributed by atoms with van der Waals surface area (Å²) in [5.41, 5.74) is 5.85. The molecular formula is C8H10N4O3. The van der Waals surface area contributed by atoms with Crippen molar-refractivity contribution in [3.8, 4) is 0 Å². The monoisotopic (exact) mass is 210 g/mol. The average molecular weight is 210 g/mol. The van der Waals surface area contributed by atoms with Crippen molar-refractivity contribution in [1.82, 2.24) is 10.5 Å². The van der Waals surface area contributed by atoms with Gasteiger partial charge in [0.05, 0.1) is 5.69 Å². The average Bonchev–Trinajstić information content (AvgIpc) is 2.18. The fourth-order valence-corrected chi connectivity index (χ4v) is 0.829. The third-order valence-corrected chi connectivity index (χ3v) is 1.42. The van der Waals surface area contributed by atoms with Crippen molar-refractivity contribution in [2.24, 2.45) is 10.7 Å². The number of urea groups is 1. The van der Waals surface area contributed by atoms with Gasteiger partial charge in [-0.25, -0.2) is 9.79 Å². The highest BCUT2D eigenvalue weighted by Crippen LogP contribution is 2.08. The lowest BCUT2D eigenvalue weighted by Crippen LogP contribution is -2.43. The predicted molar refractivity (Wildman–Crippen MR) is 51.7 cm³/mol. The molecule has 1 aromatic rings. The summed E-state index contributed by atoms with van der Waals surface area (Å²) in [6.45, 7) is 0. The SMILES string of the molecule is NC(=Nc1ccccc1)NC(=O)N(O)O. The van der Waals surface area contributed by atoms with E-state index >= 15 is 0 Å². The summed E-state index contributed by atoms with van der Waals surface area (Å²) in [6.07, 6.45) is 0. The molecule has 7 nitrogen and oxygen atoms in total. The van der Waals surface area contributed by atoms with E-state index in [4.69, 9.17) is 16.1 Å². The van der Waals surface area contributed by atoms with Gasteiger partial charge in [-0.1, -0.05) is 23.4 Å². The molecule has 0 atom stereocenters. The van der Waals surface area contributed by atoms with E-state index in [1.807, 2.05) is 5.32 Å². The number of aliphatic imine (C=N–C) groups is 1. The Morgan fingerprint density at radius 2 is 1.93 bits per heavy atom. The van der Waals surface area contributed by atoms with Gasteiger partial charge < -0.3 is 5.73 Å². The zero-order valence-corrected chi connectivity index (χ0v) is 7.66. The number of nitrogens with zero attached hydrogens (tertiary/aromatic N) is 2. The van der Waals surface area contributed by atoms with Crippen LogP contribution in [-0.2, 0) is 0 Å². The predicted octanol–water partition coefficient (Wildman–Crippen LogP) is 0.423. The summed E-state index contributed by atoms with van der Waals surface area (Å²) in [6, 6.07) is 7.46. The molecule has 80 valence electrons. The largest absolute Gasteiger partial charge is 0.373 e. The Balaban J connectivity index is 2.65. The molecule has 1 rings (SSSR count). The molecule has 0 saturated heterocycles. The molecule has 0 unspecified atom stereocenters. The Morgan fingerprint density at radius 1 is 1.33 bits per heavy atom. The lowest BCUT2D eigenvalue weighted by molar-refractivity contribution is -0.257. The summed E-state index contributed by atoms with van der Waals surface area (Å²) >= 11 is 0. The molecule has 0 aromatic heterocycles. The molecule has 0 fully saturated rings. The third kappa shape index (κ3) is 3.63. The van der Waals surface area contributed by atoms with Gasteiger partial charge in [0, 0.05) is 0 Å². The van der Waals surface area contributed by atoms with Gasteiger partial charge >= 0.3 is 6.03 Å². The first-order valence-electron chi connectivity index (χ1n) is 3.97. The number of hydrogen-bond donors (Lipinski definition) is 4. The molecule has 0 spiro atoms. The number of nitrogens with one attached hydrogen (secondary N) is 1. The van der Waals surface area contributed by atoms with Crippen LogP contribution in [0.4, 0.5) is 10.5 Å². The van der Waals surface area contributed by atoms with Gasteiger partial charge in [0.1, 0.15) is 0 Å². The first-order chi connectivity index (χ1) is 7.09. The molecule has 15 heavy (non-hydrogen) atoms. The molecule has 0 aliphatic carbocycles. The molecule has 1 aromatic carbocycles. The Bertz CT molecular complexity index is 363. The lowest BCUT2D eigenvalue weighted by atomic mass is 10.3. The van der Waals surface area contributed by atoms with Crippen LogP contribution in [0, 0.1) is 0 Å². The molecule has 0 aliphatic rings. The number of rotatable bonds is 1. The minimum absolute atomic E-state index is 0.237. The molecular weight excluding hydrogens is 200 g/mol. The number of benzene rings is 1. The maximum atomic E-state index is 10.7. The number of hydroxylamine groups is 2. The van der Waals surface area contributed by atoms with Crippen LogP contribution in [-0.4, -0.2) is 27.6 Å². The minimum atomic E-state index is -1.19. The van der Waals surface area contributed by atoms with Crippen LogP contribution in [0.15, 0.2) is 35.3 Å².